The minimum atomic E-state index is -3.33. The van der Waals surface area contributed by atoms with Gasteiger partial charge in [-0.25, -0.2) is 8.42 Å². The Labute approximate surface area is 156 Å². The van der Waals surface area contributed by atoms with Crippen LogP contribution in [0.25, 0.3) is 0 Å². The molecule has 1 aromatic carbocycles. The summed E-state index contributed by atoms with van der Waals surface area (Å²) in [4.78, 5) is 15.7. The highest BCUT2D eigenvalue weighted by Gasteiger charge is 2.30. The summed E-state index contributed by atoms with van der Waals surface area (Å²) in [5.41, 5.74) is 0.800. The van der Waals surface area contributed by atoms with Gasteiger partial charge in [-0.05, 0) is 24.3 Å². The Morgan fingerprint density at radius 1 is 1.08 bits per heavy atom. The fraction of sp³-hybridized carbons (Fsp3) is 0.632. The number of hydrogen-bond donors (Lipinski definition) is 1. The van der Waals surface area contributed by atoms with Gasteiger partial charge in [0.15, 0.2) is 6.54 Å². The predicted molar refractivity (Wildman–Crippen MR) is 101 cm³/mol. The molecular weight excluding hydrogens is 350 g/mol. The second-order valence-corrected chi connectivity index (χ2v) is 9.60. The van der Waals surface area contributed by atoms with Crippen LogP contribution < -0.4 is 4.90 Å². The van der Waals surface area contributed by atoms with Crippen molar-refractivity contribution in [3.05, 3.63) is 35.9 Å². The quantitative estimate of drug-likeness (QED) is 0.781. The van der Waals surface area contributed by atoms with Crippen molar-refractivity contribution in [1.29, 1.82) is 0 Å². The molecule has 2 aliphatic heterocycles. The summed E-state index contributed by atoms with van der Waals surface area (Å²) in [5.74, 6) is 0.958. The molecule has 0 radical (unpaired) electrons. The van der Waals surface area contributed by atoms with Crippen LogP contribution in [-0.2, 0) is 20.6 Å². The number of benzene rings is 1. The van der Waals surface area contributed by atoms with E-state index < -0.39 is 10.0 Å². The fourth-order valence-electron chi connectivity index (χ4n) is 3.76. The molecule has 1 N–H and O–H groups in total. The number of carbonyl (C=O) groups is 1. The van der Waals surface area contributed by atoms with Gasteiger partial charge >= 0.3 is 0 Å². The number of amides is 1. The first kappa shape index (κ1) is 19.3. The Hall–Kier alpha value is -1.44. The van der Waals surface area contributed by atoms with Gasteiger partial charge in [-0.1, -0.05) is 37.3 Å². The lowest BCUT2D eigenvalue weighted by Gasteiger charge is -2.35. The van der Waals surface area contributed by atoms with Crippen LogP contribution in [0.3, 0.4) is 0 Å². The summed E-state index contributed by atoms with van der Waals surface area (Å²) in [6, 6.07) is 9.25. The van der Waals surface area contributed by atoms with E-state index in [1.807, 2.05) is 35.2 Å². The second-order valence-electron chi connectivity index (χ2n) is 7.63. The monoisotopic (exact) mass is 380 g/mol. The number of nitrogens with zero attached hydrogens (tertiary/aromatic N) is 2. The van der Waals surface area contributed by atoms with E-state index >= 15 is 0 Å². The van der Waals surface area contributed by atoms with Crippen LogP contribution >= 0.6 is 0 Å². The molecule has 2 fully saturated rings. The fourth-order valence-corrected chi connectivity index (χ4v) is 5.28. The first-order valence-electron chi connectivity index (χ1n) is 9.57. The van der Waals surface area contributed by atoms with E-state index in [1.54, 1.807) is 0 Å². The van der Waals surface area contributed by atoms with Gasteiger partial charge in [0, 0.05) is 26.2 Å². The summed E-state index contributed by atoms with van der Waals surface area (Å²) < 4.78 is 26.7. The van der Waals surface area contributed by atoms with Gasteiger partial charge in [0.1, 0.15) is 0 Å². The van der Waals surface area contributed by atoms with Crippen LogP contribution in [-0.4, -0.2) is 69.3 Å². The molecular formula is C19H30N3O3S+. The van der Waals surface area contributed by atoms with E-state index in [0.29, 0.717) is 32.7 Å². The van der Waals surface area contributed by atoms with Crippen LogP contribution in [0.1, 0.15) is 25.3 Å². The van der Waals surface area contributed by atoms with E-state index in [1.165, 1.54) is 22.0 Å². The molecule has 2 aliphatic rings. The summed E-state index contributed by atoms with van der Waals surface area (Å²) in [6.07, 6.45) is 2.38. The Balaban J connectivity index is 1.48. The Bertz CT molecular complexity index is 692. The van der Waals surface area contributed by atoms with Crippen LogP contribution in [0.5, 0.6) is 0 Å². The van der Waals surface area contributed by atoms with Crippen molar-refractivity contribution < 1.29 is 18.1 Å². The van der Waals surface area contributed by atoms with E-state index in [4.69, 9.17) is 0 Å². The molecule has 0 unspecified atom stereocenters. The van der Waals surface area contributed by atoms with Crippen molar-refractivity contribution in [3.8, 4) is 0 Å². The predicted octanol–water partition coefficient (Wildman–Crippen LogP) is -0.0246. The SMILES string of the molecule is CC1CC[NH+](CC(=O)N2CCN(S(=O)(=O)Cc3ccccc3)CC2)CC1. The van der Waals surface area contributed by atoms with Crippen LogP contribution in [0.15, 0.2) is 30.3 Å². The number of hydrogen-bond acceptors (Lipinski definition) is 3. The number of sulfonamides is 1. The first-order valence-corrected chi connectivity index (χ1v) is 11.2. The maximum atomic E-state index is 12.6. The highest BCUT2D eigenvalue weighted by atomic mass is 32.2. The van der Waals surface area contributed by atoms with Gasteiger partial charge in [-0.15, -0.1) is 0 Å². The lowest BCUT2D eigenvalue weighted by Crippen LogP contribution is -3.14. The number of rotatable bonds is 5. The number of piperazine rings is 1. The van der Waals surface area contributed by atoms with Crippen molar-refractivity contribution in [1.82, 2.24) is 9.21 Å². The second kappa shape index (κ2) is 8.50. The Morgan fingerprint density at radius 3 is 2.31 bits per heavy atom. The number of piperidine rings is 1. The lowest BCUT2D eigenvalue weighted by atomic mass is 9.99. The number of quaternary nitrogens is 1. The van der Waals surface area contributed by atoms with E-state index in [2.05, 4.69) is 6.92 Å². The normalized spacial score (nSPS) is 25.2. The molecule has 2 heterocycles. The molecule has 0 aliphatic carbocycles. The third-order valence-electron chi connectivity index (χ3n) is 5.56. The van der Waals surface area contributed by atoms with Crippen molar-refractivity contribution in [2.45, 2.75) is 25.5 Å². The van der Waals surface area contributed by atoms with Gasteiger partial charge in [-0.2, -0.15) is 4.31 Å². The highest BCUT2D eigenvalue weighted by molar-refractivity contribution is 7.88. The molecule has 6 nitrogen and oxygen atoms in total. The molecule has 0 atom stereocenters. The molecule has 0 spiro atoms. The topological polar surface area (TPSA) is 62.1 Å². The standard InChI is InChI=1S/C19H29N3O3S/c1-17-7-9-20(10-8-17)15-19(23)21-11-13-22(14-12-21)26(24,25)16-18-5-3-2-4-6-18/h2-6,17H,7-16H2,1H3/p+1. The number of likely N-dealkylation sites (tertiary alicyclic amines) is 1. The molecule has 3 rings (SSSR count). The van der Waals surface area contributed by atoms with Crippen LogP contribution in [0.2, 0.25) is 0 Å². The Kier molecular flexibility index (Phi) is 6.32. The highest BCUT2D eigenvalue weighted by Crippen LogP contribution is 2.13. The zero-order chi connectivity index (χ0) is 18.6. The number of nitrogens with one attached hydrogen (secondary N) is 1. The number of carbonyl (C=O) groups excluding carboxylic acids is 1. The summed E-state index contributed by atoms with van der Waals surface area (Å²) in [7, 11) is -3.33. The van der Waals surface area contributed by atoms with Gasteiger partial charge in [-0.3, -0.25) is 4.79 Å². The molecule has 7 heteroatoms. The van der Waals surface area contributed by atoms with Gasteiger partial charge in [0.2, 0.25) is 10.0 Å². The van der Waals surface area contributed by atoms with Gasteiger partial charge in [0.05, 0.1) is 18.8 Å². The summed E-state index contributed by atoms with van der Waals surface area (Å²) in [5, 5.41) is 0. The van der Waals surface area contributed by atoms with Crippen molar-refractivity contribution in [3.63, 3.8) is 0 Å². The third kappa shape index (κ3) is 5.05. The van der Waals surface area contributed by atoms with Gasteiger partial charge < -0.3 is 9.80 Å². The van der Waals surface area contributed by atoms with Crippen LogP contribution in [0, 0.1) is 5.92 Å². The van der Waals surface area contributed by atoms with E-state index in [9.17, 15) is 13.2 Å². The van der Waals surface area contributed by atoms with Crippen molar-refractivity contribution >= 4 is 15.9 Å². The zero-order valence-corrected chi connectivity index (χ0v) is 16.4. The molecule has 0 aromatic heterocycles. The average Bonchev–Trinajstić information content (AvgIpc) is 2.64. The van der Waals surface area contributed by atoms with Gasteiger partial charge in [0.25, 0.3) is 5.91 Å². The van der Waals surface area contributed by atoms with E-state index in [0.717, 1.165) is 24.6 Å². The Morgan fingerprint density at radius 2 is 1.69 bits per heavy atom. The molecule has 1 amide bonds. The molecule has 0 bridgehead atoms. The molecule has 2 saturated heterocycles. The maximum Gasteiger partial charge on any atom is 0.277 e. The first-order chi connectivity index (χ1) is 12.4. The summed E-state index contributed by atoms with van der Waals surface area (Å²) >= 11 is 0. The summed E-state index contributed by atoms with van der Waals surface area (Å²) in [6.45, 7) is 6.74. The lowest BCUT2D eigenvalue weighted by molar-refractivity contribution is -0.898. The molecule has 26 heavy (non-hydrogen) atoms. The maximum absolute atomic E-state index is 12.6. The van der Waals surface area contributed by atoms with Crippen LogP contribution in [0.4, 0.5) is 0 Å². The third-order valence-corrected chi connectivity index (χ3v) is 7.41. The minimum absolute atomic E-state index is 0.0257. The van der Waals surface area contributed by atoms with Crippen molar-refractivity contribution in [2.75, 3.05) is 45.8 Å². The molecule has 1 aromatic rings. The molecule has 0 saturated carbocycles. The zero-order valence-electron chi connectivity index (χ0n) is 15.6. The smallest absolute Gasteiger partial charge is 0.277 e. The largest absolute Gasteiger partial charge is 0.335 e. The minimum Gasteiger partial charge on any atom is -0.335 e. The molecule has 144 valence electrons. The van der Waals surface area contributed by atoms with Crippen molar-refractivity contribution in [2.24, 2.45) is 5.92 Å². The van der Waals surface area contributed by atoms with E-state index in [-0.39, 0.29) is 11.7 Å². The average molecular weight is 381 g/mol.